The summed E-state index contributed by atoms with van der Waals surface area (Å²) in [6.07, 6.45) is 3.91. The number of thiol groups is 2. The van der Waals surface area contributed by atoms with Crippen LogP contribution in [0.5, 0.6) is 0 Å². The molecule has 1 aromatic carbocycles. The van der Waals surface area contributed by atoms with E-state index in [1.807, 2.05) is 23.0 Å². The summed E-state index contributed by atoms with van der Waals surface area (Å²) < 4.78 is 27.7. The molecular formula is C11H13NaO3S3. The van der Waals surface area contributed by atoms with Gasteiger partial charge in [-0.05, 0) is 29.0 Å². The molecule has 94 valence electrons. The van der Waals surface area contributed by atoms with Gasteiger partial charge >= 0.3 is 29.6 Å². The molecule has 1 aliphatic heterocycles. The summed E-state index contributed by atoms with van der Waals surface area (Å²) >= 11 is 4.36. The Bertz CT molecular complexity index is 582. The summed E-state index contributed by atoms with van der Waals surface area (Å²) in [6.45, 7) is 0. The topological polar surface area (TPSA) is 43.4 Å². The Labute approximate surface area is 137 Å². The number of rotatable bonds is 3. The van der Waals surface area contributed by atoms with Crippen molar-refractivity contribution >= 4 is 63.2 Å². The van der Waals surface area contributed by atoms with E-state index in [0.29, 0.717) is 0 Å². The molecule has 0 saturated carbocycles. The molecule has 0 aromatic heterocycles. The molecule has 0 saturated heterocycles. The van der Waals surface area contributed by atoms with Crippen LogP contribution in [0.2, 0.25) is 0 Å². The molecular weight excluding hydrogens is 299 g/mol. The van der Waals surface area contributed by atoms with Crippen LogP contribution < -0.4 is 0 Å². The average molecular weight is 312 g/mol. The van der Waals surface area contributed by atoms with Crippen molar-refractivity contribution in [2.75, 3.05) is 7.11 Å². The Morgan fingerprint density at radius 1 is 1.22 bits per heavy atom. The van der Waals surface area contributed by atoms with Gasteiger partial charge in [0.15, 0.2) is 0 Å². The predicted octanol–water partition coefficient (Wildman–Crippen LogP) is 2.06. The Morgan fingerprint density at radius 3 is 2.39 bits per heavy atom. The molecule has 2 rings (SSSR count). The molecule has 0 aliphatic carbocycles. The van der Waals surface area contributed by atoms with E-state index in [4.69, 9.17) is 0 Å². The minimum atomic E-state index is -3.64. The normalized spacial score (nSPS) is 15.8. The third-order valence-corrected chi connectivity index (χ3v) is 6.09. The third kappa shape index (κ3) is 3.45. The molecule has 3 nitrogen and oxygen atoms in total. The van der Waals surface area contributed by atoms with Crippen molar-refractivity contribution in [3.63, 3.8) is 0 Å². The molecule has 0 bridgehead atoms. The van der Waals surface area contributed by atoms with Gasteiger partial charge in [-0.2, -0.15) is 19.3 Å². The summed E-state index contributed by atoms with van der Waals surface area (Å²) in [5.41, 5.74) is 0. The van der Waals surface area contributed by atoms with Crippen LogP contribution in [-0.4, -0.2) is 45.1 Å². The molecule has 18 heavy (non-hydrogen) atoms. The van der Waals surface area contributed by atoms with Gasteiger partial charge < -0.3 is 0 Å². The molecule has 1 aromatic rings. The van der Waals surface area contributed by atoms with Gasteiger partial charge in [0.25, 0.3) is 10.1 Å². The van der Waals surface area contributed by atoms with Crippen molar-refractivity contribution in [1.29, 1.82) is 0 Å². The molecule has 0 radical (unpaired) electrons. The molecule has 0 spiro atoms. The van der Waals surface area contributed by atoms with E-state index in [9.17, 15) is 8.42 Å². The predicted molar refractivity (Wildman–Crippen MR) is 80.6 cm³/mol. The molecule has 1 heterocycles. The van der Waals surface area contributed by atoms with Crippen molar-refractivity contribution in [2.24, 2.45) is 0 Å². The molecule has 0 unspecified atom stereocenters. The van der Waals surface area contributed by atoms with Gasteiger partial charge in [-0.25, -0.2) is 0 Å². The third-order valence-electron chi connectivity index (χ3n) is 2.34. The van der Waals surface area contributed by atoms with Crippen LogP contribution in [0.3, 0.4) is 0 Å². The number of hydrogen-bond acceptors (Lipinski definition) is 4. The first-order valence-corrected chi connectivity index (χ1v) is 8.15. The van der Waals surface area contributed by atoms with Gasteiger partial charge in [0.2, 0.25) is 0 Å². The van der Waals surface area contributed by atoms with Gasteiger partial charge in [0.1, 0.15) is 0 Å². The fourth-order valence-electron chi connectivity index (χ4n) is 1.46. The first kappa shape index (κ1) is 16.4. The Morgan fingerprint density at radius 2 is 1.83 bits per heavy atom. The van der Waals surface area contributed by atoms with Gasteiger partial charge in [0.05, 0.1) is 12.0 Å². The molecule has 0 fully saturated rings. The van der Waals surface area contributed by atoms with Crippen molar-refractivity contribution in [3.8, 4) is 0 Å². The second-order valence-electron chi connectivity index (χ2n) is 3.36. The summed E-state index contributed by atoms with van der Waals surface area (Å²) in [4.78, 5) is 1.89. The van der Waals surface area contributed by atoms with E-state index in [1.165, 1.54) is 6.07 Å². The van der Waals surface area contributed by atoms with E-state index in [2.05, 4.69) is 16.8 Å². The van der Waals surface area contributed by atoms with Crippen molar-refractivity contribution < 1.29 is 12.6 Å². The summed E-state index contributed by atoms with van der Waals surface area (Å²) in [6, 6.07) is 4.82. The molecule has 7 heteroatoms. The van der Waals surface area contributed by atoms with E-state index < -0.39 is 21.0 Å². The van der Waals surface area contributed by atoms with E-state index in [0.717, 1.165) is 16.9 Å². The van der Waals surface area contributed by atoms with E-state index >= 15 is 0 Å². The first-order chi connectivity index (χ1) is 8.04. The van der Waals surface area contributed by atoms with E-state index in [-0.39, 0.29) is 34.5 Å². The van der Waals surface area contributed by atoms with Crippen LogP contribution >= 0.6 is 23.5 Å². The van der Waals surface area contributed by atoms with Crippen molar-refractivity contribution in [2.45, 2.75) is 14.7 Å². The zero-order valence-electron chi connectivity index (χ0n) is 9.07. The van der Waals surface area contributed by atoms with Crippen molar-refractivity contribution in [3.05, 3.63) is 41.2 Å². The second-order valence-corrected chi connectivity index (χ2v) is 7.45. The summed E-state index contributed by atoms with van der Waals surface area (Å²) in [5, 5.41) is 4.10. The fourth-order valence-corrected chi connectivity index (χ4v) is 4.34. The van der Waals surface area contributed by atoms with Crippen LogP contribution in [-0.2, 0) is 14.3 Å². The summed E-state index contributed by atoms with van der Waals surface area (Å²) in [5.74, 6) is 0. The minimum absolute atomic E-state index is 0. The van der Waals surface area contributed by atoms with Crippen LogP contribution in [0.15, 0.2) is 55.9 Å². The Kier molecular flexibility index (Phi) is 6.05. The maximum atomic E-state index is 11.6. The molecule has 1 aliphatic rings. The van der Waals surface area contributed by atoms with E-state index in [1.54, 1.807) is 12.1 Å². The SMILES string of the molecule is COS(=O)(=O)c1ccc(S)c([SH]2C=CC=C2)c1.[NaH]. The fraction of sp³-hybridized carbons (Fsp3) is 0.0909. The second kappa shape index (κ2) is 6.65. The number of allylic oxidation sites excluding steroid dienone is 2. The van der Waals surface area contributed by atoms with Crippen molar-refractivity contribution in [1.82, 2.24) is 0 Å². The van der Waals surface area contributed by atoms with Crippen LogP contribution in [0.4, 0.5) is 0 Å². The zero-order chi connectivity index (χ0) is 12.5. The van der Waals surface area contributed by atoms with Gasteiger partial charge in [-0.1, -0.05) is 12.2 Å². The molecule has 0 amide bonds. The van der Waals surface area contributed by atoms with Crippen LogP contribution in [0, 0.1) is 0 Å². The van der Waals surface area contributed by atoms with Gasteiger partial charge in [-0.3, -0.25) is 4.18 Å². The molecule has 0 atom stereocenters. The van der Waals surface area contributed by atoms with Crippen LogP contribution in [0.25, 0.3) is 0 Å². The average Bonchev–Trinajstić information content (AvgIpc) is 2.83. The van der Waals surface area contributed by atoms with Crippen LogP contribution in [0.1, 0.15) is 0 Å². The number of benzene rings is 1. The van der Waals surface area contributed by atoms with Gasteiger partial charge in [-0.15, -0.1) is 12.6 Å². The first-order valence-electron chi connectivity index (χ1n) is 4.81. The number of hydrogen-bond donors (Lipinski definition) is 2. The Balaban J connectivity index is 0.00000162. The monoisotopic (exact) mass is 312 g/mol. The standard InChI is InChI=1S/C11H12O3S3.Na.H/c1-14-17(12,13)9-4-5-10(15)11(8-9)16-6-2-3-7-16;;/h2-8,15-16H,1H3;;. The summed E-state index contributed by atoms with van der Waals surface area (Å²) in [7, 11) is -3.07. The Hall–Kier alpha value is 0.310. The van der Waals surface area contributed by atoms with Gasteiger partial charge in [0, 0.05) is 9.79 Å². The quantitative estimate of drug-likeness (QED) is 0.510. The molecule has 0 N–H and O–H groups in total. The zero-order valence-corrected chi connectivity index (χ0v) is 11.7. The maximum absolute atomic E-state index is 11.6.